The molecule has 1 fully saturated rings. The van der Waals surface area contributed by atoms with Crippen LogP contribution in [0.2, 0.25) is 0 Å². The molecule has 1 aromatic rings. The van der Waals surface area contributed by atoms with Gasteiger partial charge in [-0.25, -0.2) is 4.68 Å². The van der Waals surface area contributed by atoms with Gasteiger partial charge < -0.3 is 10.0 Å². The minimum absolute atomic E-state index is 0.268. The average Bonchev–Trinajstić information content (AvgIpc) is 2.82. The van der Waals surface area contributed by atoms with Crippen molar-refractivity contribution in [2.24, 2.45) is 5.92 Å². The predicted octanol–water partition coefficient (Wildman–Crippen LogP) is 0.734. The Hall–Kier alpha value is -1.43. The molecular formula is C13H20N4O2. The van der Waals surface area contributed by atoms with E-state index in [1.54, 1.807) is 0 Å². The molecule has 1 N–H and O–H groups in total. The summed E-state index contributed by atoms with van der Waals surface area (Å²) in [6, 6.07) is 0.389. The molecule has 1 atom stereocenters. The smallest absolute Gasteiger partial charge is 0.306 e. The number of nitrogens with zero attached hydrogens (tertiary/aromatic N) is 4. The summed E-state index contributed by atoms with van der Waals surface area (Å²) in [6.45, 7) is 2.14. The summed E-state index contributed by atoms with van der Waals surface area (Å²) in [5.41, 5.74) is 2.07. The molecule has 0 radical (unpaired) electrons. The number of carbonyl (C=O) groups is 1. The van der Waals surface area contributed by atoms with Gasteiger partial charge in [0.05, 0.1) is 23.3 Å². The Kier molecular flexibility index (Phi) is 3.26. The maximum absolute atomic E-state index is 11.2. The van der Waals surface area contributed by atoms with E-state index in [2.05, 4.69) is 22.3 Å². The fourth-order valence-electron chi connectivity index (χ4n) is 3.14. The Morgan fingerprint density at radius 1 is 1.32 bits per heavy atom. The van der Waals surface area contributed by atoms with Crippen molar-refractivity contribution in [1.29, 1.82) is 0 Å². The van der Waals surface area contributed by atoms with Crippen LogP contribution in [-0.2, 0) is 17.6 Å². The Balaban J connectivity index is 1.81. The first-order chi connectivity index (χ1) is 9.15. The van der Waals surface area contributed by atoms with Crippen LogP contribution in [0.15, 0.2) is 0 Å². The molecule has 3 rings (SSSR count). The van der Waals surface area contributed by atoms with Crippen molar-refractivity contribution in [3.63, 3.8) is 0 Å². The van der Waals surface area contributed by atoms with Crippen LogP contribution in [0.4, 0.5) is 0 Å². The first-order valence-corrected chi connectivity index (χ1v) is 6.99. The van der Waals surface area contributed by atoms with Crippen molar-refractivity contribution in [3.05, 3.63) is 11.4 Å². The van der Waals surface area contributed by atoms with Crippen molar-refractivity contribution in [3.8, 4) is 0 Å². The van der Waals surface area contributed by atoms with Crippen LogP contribution in [0.3, 0.4) is 0 Å². The van der Waals surface area contributed by atoms with Crippen molar-refractivity contribution in [2.45, 2.75) is 38.1 Å². The number of hydrogen-bond acceptors (Lipinski definition) is 4. The molecule has 0 saturated carbocycles. The van der Waals surface area contributed by atoms with Gasteiger partial charge in [0.15, 0.2) is 0 Å². The minimum atomic E-state index is -0.693. The summed E-state index contributed by atoms with van der Waals surface area (Å²) < 4.78 is 2.01. The van der Waals surface area contributed by atoms with Crippen LogP contribution in [0, 0.1) is 5.92 Å². The molecule has 1 saturated heterocycles. The normalized spacial score (nSPS) is 25.2. The minimum Gasteiger partial charge on any atom is -0.481 e. The van der Waals surface area contributed by atoms with Crippen molar-refractivity contribution < 1.29 is 9.90 Å². The zero-order valence-corrected chi connectivity index (χ0v) is 11.2. The van der Waals surface area contributed by atoms with E-state index in [0.717, 1.165) is 43.7 Å². The number of carboxylic acids is 1. The van der Waals surface area contributed by atoms with Gasteiger partial charge in [-0.15, -0.1) is 5.10 Å². The largest absolute Gasteiger partial charge is 0.481 e. The third kappa shape index (κ3) is 2.36. The summed E-state index contributed by atoms with van der Waals surface area (Å²) in [6.07, 6.45) is 4.17. The number of fused-ring (bicyclic) bond motifs is 1. The number of aryl methyl sites for hydroxylation is 1. The lowest BCUT2D eigenvalue weighted by Crippen LogP contribution is -2.33. The highest BCUT2D eigenvalue weighted by molar-refractivity contribution is 5.70. The lowest BCUT2D eigenvalue weighted by Gasteiger charge is -2.30. The van der Waals surface area contributed by atoms with Crippen LogP contribution in [0.1, 0.15) is 36.7 Å². The number of rotatable bonds is 2. The number of carboxylic acid groups (broad SMARTS) is 1. The fraction of sp³-hybridized carbons (Fsp3) is 0.769. The molecule has 1 aliphatic heterocycles. The second-order valence-corrected chi connectivity index (χ2v) is 5.74. The molecule has 19 heavy (non-hydrogen) atoms. The fourth-order valence-corrected chi connectivity index (χ4v) is 3.14. The molecule has 0 spiro atoms. The van der Waals surface area contributed by atoms with Gasteiger partial charge in [0.1, 0.15) is 0 Å². The van der Waals surface area contributed by atoms with Gasteiger partial charge in [-0.05, 0) is 45.8 Å². The molecule has 2 aliphatic rings. The average molecular weight is 264 g/mol. The lowest BCUT2D eigenvalue weighted by atomic mass is 9.89. The van der Waals surface area contributed by atoms with E-state index in [1.807, 2.05) is 4.68 Å². The molecule has 6 heteroatoms. The van der Waals surface area contributed by atoms with E-state index >= 15 is 0 Å². The summed E-state index contributed by atoms with van der Waals surface area (Å²) in [5.74, 6) is -0.960. The summed E-state index contributed by atoms with van der Waals surface area (Å²) in [4.78, 5) is 13.5. The van der Waals surface area contributed by atoms with E-state index in [9.17, 15) is 9.90 Å². The molecule has 1 aliphatic carbocycles. The second-order valence-electron chi connectivity index (χ2n) is 5.74. The second kappa shape index (κ2) is 4.92. The van der Waals surface area contributed by atoms with Gasteiger partial charge >= 0.3 is 5.97 Å². The number of likely N-dealkylation sites (tertiary alicyclic amines) is 1. The van der Waals surface area contributed by atoms with E-state index in [1.165, 1.54) is 0 Å². The maximum Gasteiger partial charge on any atom is 0.306 e. The molecule has 0 bridgehead atoms. The SMILES string of the molecule is CN1CCC(n2nnc3c2C[C@H](C(=O)O)CC3)CC1. The van der Waals surface area contributed by atoms with E-state index in [-0.39, 0.29) is 5.92 Å². The highest BCUT2D eigenvalue weighted by atomic mass is 16.4. The summed E-state index contributed by atoms with van der Waals surface area (Å²) >= 11 is 0. The Labute approximate surface area is 112 Å². The van der Waals surface area contributed by atoms with E-state index in [4.69, 9.17) is 0 Å². The third-order valence-electron chi connectivity index (χ3n) is 4.42. The van der Waals surface area contributed by atoms with E-state index < -0.39 is 5.97 Å². The van der Waals surface area contributed by atoms with E-state index in [0.29, 0.717) is 18.9 Å². The number of aromatic nitrogens is 3. The number of piperidine rings is 1. The van der Waals surface area contributed by atoms with Crippen molar-refractivity contribution in [2.75, 3.05) is 20.1 Å². The summed E-state index contributed by atoms with van der Waals surface area (Å²) in [5, 5.41) is 17.7. The highest BCUT2D eigenvalue weighted by Crippen LogP contribution is 2.29. The first kappa shape index (κ1) is 12.6. The van der Waals surface area contributed by atoms with Gasteiger partial charge in [0.2, 0.25) is 0 Å². The zero-order chi connectivity index (χ0) is 13.4. The zero-order valence-electron chi connectivity index (χ0n) is 11.2. The molecule has 104 valence electrons. The molecule has 2 heterocycles. The molecule has 6 nitrogen and oxygen atoms in total. The van der Waals surface area contributed by atoms with Crippen LogP contribution in [0.25, 0.3) is 0 Å². The van der Waals surface area contributed by atoms with Crippen LogP contribution >= 0.6 is 0 Å². The Morgan fingerprint density at radius 3 is 2.74 bits per heavy atom. The summed E-state index contributed by atoms with van der Waals surface area (Å²) in [7, 11) is 2.13. The van der Waals surface area contributed by atoms with Crippen molar-refractivity contribution >= 4 is 5.97 Å². The van der Waals surface area contributed by atoms with Crippen LogP contribution in [0.5, 0.6) is 0 Å². The molecule has 0 amide bonds. The topological polar surface area (TPSA) is 71.2 Å². The maximum atomic E-state index is 11.2. The third-order valence-corrected chi connectivity index (χ3v) is 4.42. The van der Waals surface area contributed by atoms with Gasteiger partial charge in [-0.3, -0.25) is 4.79 Å². The van der Waals surface area contributed by atoms with Crippen molar-refractivity contribution in [1.82, 2.24) is 19.9 Å². The molecule has 0 unspecified atom stereocenters. The first-order valence-electron chi connectivity index (χ1n) is 6.99. The molecule has 0 aromatic carbocycles. The van der Waals surface area contributed by atoms with Crippen LogP contribution in [-0.4, -0.2) is 51.1 Å². The highest BCUT2D eigenvalue weighted by Gasteiger charge is 2.31. The van der Waals surface area contributed by atoms with Gasteiger partial charge in [0.25, 0.3) is 0 Å². The molecule has 1 aromatic heterocycles. The predicted molar refractivity (Wildman–Crippen MR) is 68.9 cm³/mol. The van der Waals surface area contributed by atoms with Gasteiger partial charge in [-0.2, -0.15) is 0 Å². The number of hydrogen-bond donors (Lipinski definition) is 1. The standard InChI is InChI=1S/C13H20N4O2/c1-16-6-4-10(5-7-16)17-12-8-9(13(18)19)2-3-11(12)14-15-17/h9-10H,2-8H2,1H3,(H,18,19)/t9-/m1/s1. The quantitative estimate of drug-likeness (QED) is 0.853. The Morgan fingerprint density at radius 2 is 2.05 bits per heavy atom. The van der Waals surface area contributed by atoms with Gasteiger partial charge in [0, 0.05) is 6.42 Å². The molecular weight excluding hydrogens is 244 g/mol. The monoisotopic (exact) mass is 264 g/mol. The van der Waals surface area contributed by atoms with Crippen LogP contribution < -0.4 is 0 Å². The Bertz CT molecular complexity index is 477. The number of aliphatic carboxylic acids is 1. The van der Waals surface area contributed by atoms with Gasteiger partial charge in [-0.1, -0.05) is 5.21 Å². The lowest BCUT2D eigenvalue weighted by molar-refractivity contribution is -0.142.